The molecule has 0 spiro atoms. The number of hydrogen-bond acceptors (Lipinski definition) is 6. The summed E-state index contributed by atoms with van der Waals surface area (Å²) in [6, 6.07) is 21.4. The molecule has 0 saturated carbocycles. The molecule has 2 aliphatic rings. The third-order valence-electron chi connectivity index (χ3n) is 6.86. The first-order valence-corrected chi connectivity index (χ1v) is 12.3. The molecule has 1 amide bonds. The minimum absolute atomic E-state index is 0.0822. The number of hydrogen-bond donors (Lipinski definition) is 1. The molecule has 0 bridgehead atoms. The number of carbonyl (C=O) groups excluding carboxylic acids is 2. The lowest BCUT2D eigenvalue weighted by Gasteiger charge is -2.39. The number of rotatable bonds is 6. The van der Waals surface area contributed by atoms with E-state index in [4.69, 9.17) is 0 Å². The molecule has 0 unspecified atom stereocenters. The Balaban J connectivity index is 1.19. The summed E-state index contributed by atoms with van der Waals surface area (Å²) < 4.78 is 0. The van der Waals surface area contributed by atoms with Gasteiger partial charge in [-0.25, -0.2) is 9.97 Å². The zero-order chi connectivity index (χ0) is 24.2. The molecule has 1 N–H and O–H groups in total. The number of ketones is 1. The van der Waals surface area contributed by atoms with Gasteiger partial charge in [-0.15, -0.1) is 0 Å². The predicted molar refractivity (Wildman–Crippen MR) is 135 cm³/mol. The number of fused-ring (bicyclic) bond motifs is 1. The van der Waals surface area contributed by atoms with Crippen LogP contribution in [0, 0.1) is 5.92 Å². The lowest BCUT2D eigenvalue weighted by atomic mass is 9.88. The van der Waals surface area contributed by atoms with Crippen molar-refractivity contribution in [2.75, 3.05) is 38.0 Å². The van der Waals surface area contributed by atoms with E-state index in [2.05, 4.69) is 73.6 Å². The first-order valence-electron chi connectivity index (χ1n) is 12.3. The summed E-state index contributed by atoms with van der Waals surface area (Å²) in [4.78, 5) is 38.2. The van der Waals surface area contributed by atoms with E-state index in [1.54, 1.807) is 6.20 Å². The van der Waals surface area contributed by atoms with E-state index >= 15 is 0 Å². The van der Waals surface area contributed by atoms with Gasteiger partial charge in [-0.05, 0) is 23.5 Å². The summed E-state index contributed by atoms with van der Waals surface area (Å²) in [7, 11) is 0. The number of Topliss-reactive ketones (excluding diaryl/α,β-unsaturated/α-hetero) is 1. The number of benzene rings is 2. The van der Waals surface area contributed by atoms with Crippen LogP contribution >= 0.6 is 0 Å². The maximum atomic E-state index is 12.7. The van der Waals surface area contributed by atoms with Gasteiger partial charge >= 0.3 is 0 Å². The van der Waals surface area contributed by atoms with E-state index in [9.17, 15) is 9.59 Å². The second-order valence-corrected chi connectivity index (χ2v) is 9.57. The Hall–Kier alpha value is -3.42. The van der Waals surface area contributed by atoms with Gasteiger partial charge in [0, 0.05) is 38.8 Å². The van der Waals surface area contributed by atoms with Gasteiger partial charge < -0.3 is 0 Å². The van der Waals surface area contributed by atoms with Gasteiger partial charge in [0.15, 0.2) is 5.78 Å². The molecule has 7 heteroatoms. The van der Waals surface area contributed by atoms with Crippen molar-refractivity contribution >= 4 is 17.6 Å². The number of nitrogens with zero attached hydrogens (tertiary/aromatic N) is 4. The molecular formula is C28H31N5O2. The van der Waals surface area contributed by atoms with Crippen LogP contribution in [0.2, 0.25) is 0 Å². The summed E-state index contributed by atoms with van der Waals surface area (Å²) in [5.74, 6) is 0.498. The summed E-state index contributed by atoms with van der Waals surface area (Å²) in [6.45, 7) is 5.70. The highest BCUT2D eigenvalue weighted by Crippen LogP contribution is 2.29. The van der Waals surface area contributed by atoms with Crippen molar-refractivity contribution in [1.29, 1.82) is 0 Å². The largest absolute Gasteiger partial charge is 0.294 e. The monoisotopic (exact) mass is 469 g/mol. The van der Waals surface area contributed by atoms with E-state index in [-0.39, 0.29) is 29.6 Å². The number of nitrogens with one attached hydrogen (secondary N) is 1. The van der Waals surface area contributed by atoms with Crippen molar-refractivity contribution in [3.63, 3.8) is 0 Å². The summed E-state index contributed by atoms with van der Waals surface area (Å²) >= 11 is 0. The lowest BCUT2D eigenvalue weighted by molar-refractivity contribution is -0.117. The SMILES string of the molecule is C[C@@H]1CC(=O)c2cnc(NC(=O)CN3CCN(C(c4ccccc4)c4ccccc4)CC3)nc2C1. The molecule has 1 aliphatic heterocycles. The maximum absolute atomic E-state index is 12.7. The highest BCUT2D eigenvalue weighted by molar-refractivity contribution is 5.98. The lowest BCUT2D eigenvalue weighted by Crippen LogP contribution is -2.49. The maximum Gasteiger partial charge on any atom is 0.240 e. The van der Waals surface area contributed by atoms with Crippen LogP contribution in [-0.2, 0) is 11.2 Å². The van der Waals surface area contributed by atoms with Crippen molar-refractivity contribution < 1.29 is 9.59 Å². The van der Waals surface area contributed by atoms with E-state index in [0.29, 0.717) is 18.5 Å². The minimum atomic E-state index is -0.128. The van der Waals surface area contributed by atoms with E-state index in [1.807, 2.05) is 19.1 Å². The fraction of sp³-hybridized carbons (Fsp3) is 0.357. The Morgan fingerprint density at radius 3 is 2.23 bits per heavy atom. The predicted octanol–water partition coefficient (Wildman–Crippen LogP) is 3.59. The third kappa shape index (κ3) is 5.47. The van der Waals surface area contributed by atoms with Crippen LogP contribution in [0.25, 0.3) is 0 Å². The smallest absolute Gasteiger partial charge is 0.240 e. The molecule has 2 aromatic carbocycles. The zero-order valence-corrected chi connectivity index (χ0v) is 20.1. The molecule has 1 aliphatic carbocycles. The van der Waals surface area contributed by atoms with Crippen molar-refractivity contribution in [3.8, 4) is 0 Å². The molecule has 180 valence electrons. The van der Waals surface area contributed by atoms with Crippen molar-refractivity contribution in [1.82, 2.24) is 19.8 Å². The van der Waals surface area contributed by atoms with Crippen molar-refractivity contribution in [2.24, 2.45) is 5.92 Å². The summed E-state index contributed by atoms with van der Waals surface area (Å²) in [5.41, 5.74) is 3.88. The van der Waals surface area contributed by atoms with Gasteiger partial charge in [0.05, 0.1) is 23.8 Å². The van der Waals surface area contributed by atoms with E-state index < -0.39 is 0 Å². The molecule has 0 radical (unpaired) electrons. The van der Waals surface area contributed by atoms with Gasteiger partial charge in [0.2, 0.25) is 11.9 Å². The molecular weight excluding hydrogens is 438 g/mol. The number of aromatic nitrogens is 2. The topological polar surface area (TPSA) is 78.4 Å². The molecule has 1 atom stereocenters. The fourth-order valence-corrected chi connectivity index (χ4v) is 5.13. The molecule has 3 aromatic rings. The van der Waals surface area contributed by atoms with Crippen molar-refractivity contribution in [2.45, 2.75) is 25.8 Å². The molecule has 1 aromatic heterocycles. The van der Waals surface area contributed by atoms with Gasteiger partial charge in [-0.2, -0.15) is 0 Å². The first-order chi connectivity index (χ1) is 17.1. The zero-order valence-electron chi connectivity index (χ0n) is 20.1. The van der Waals surface area contributed by atoms with Crippen LogP contribution in [-0.4, -0.2) is 64.2 Å². The van der Waals surface area contributed by atoms with E-state index in [1.165, 1.54) is 11.1 Å². The summed E-state index contributed by atoms with van der Waals surface area (Å²) in [6.07, 6.45) is 2.82. The Bertz CT molecular complexity index is 1140. The fourth-order valence-electron chi connectivity index (χ4n) is 5.13. The molecule has 35 heavy (non-hydrogen) atoms. The molecule has 1 fully saturated rings. The average molecular weight is 470 g/mol. The number of piperazine rings is 1. The van der Waals surface area contributed by atoms with Gasteiger partial charge in [0.25, 0.3) is 0 Å². The van der Waals surface area contributed by atoms with Crippen LogP contribution in [0.4, 0.5) is 5.95 Å². The normalized spacial score (nSPS) is 18.9. The second kappa shape index (κ2) is 10.5. The highest BCUT2D eigenvalue weighted by atomic mass is 16.2. The quantitative estimate of drug-likeness (QED) is 0.595. The van der Waals surface area contributed by atoms with Crippen LogP contribution in [0.5, 0.6) is 0 Å². The Kier molecular flexibility index (Phi) is 6.97. The Labute approximate surface area is 206 Å². The van der Waals surface area contributed by atoms with Crippen molar-refractivity contribution in [3.05, 3.63) is 89.2 Å². The highest BCUT2D eigenvalue weighted by Gasteiger charge is 2.28. The Morgan fingerprint density at radius 2 is 1.60 bits per heavy atom. The van der Waals surface area contributed by atoms with Crippen LogP contribution < -0.4 is 5.32 Å². The minimum Gasteiger partial charge on any atom is -0.294 e. The van der Waals surface area contributed by atoms with Gasteiger partial charge in [-0.1, -0.05) is 67.6 Å². The van der Waals surface area contributed by atoms with Crippen LogP contribution in [0.3, 0.4) is 0 Å². The van der Waals surface area contributed by atoms with E-state index in [0.717, 1.165) is 38.3 Å². The standard InChI is InChI=1S/C28H31N5O2/c1-20-16-24-23(25(34)17-20)18-29-28(30-24)31-26(35)19-32-12-14-33(15-13-32)27(21-8-4-2-5-9-21)22-10-6-3-7-11-22/h2-11,18,20,27H,12-17,19H2,1H3,(H,29,30,31,35)/t20-/m0/s1. The molecule has 5 rings (SSSR count). The second-order valence-electron chi connectivity index (χ2n) is 9.57. The Morgan fingerprint density at radius 1 is 0.971 bits per heavy atom. The number of anilines is 1. The average Bonchev–Trinajstić information content (AvgIpc) is 2.86. The number of amides is 1. The molecule has 2 heterocycles. The summed E-state index contributed by atoms with van der Waals surface area (Å²) in [5, 5.41) is 2.83. The molecule has 7 nitrogen and oxygen atoms in total. The van der Waals surface area contributed by atoms with Gasteiger partial charge in [-0.3, -0.25) is 24.7 Å². The first kappa shape index (κ1) is 23.3. The molecule has 1 saturated heterocycles. The third-order valence-corrected chi connectivity index (χ3v) is 6.86. The number of carbonyl (C=O) groups is 2. The van der Waals surface area contributed by atoms with Crippen LogP contribution in [0.15, 0.2) is 66.9 Å². The van der Waals surface area contributed by atoms with Gasteiger partial charge in [0.1, 0.15) is 0 Å². The van der Waals surface area contributed by atoms with Crippen LogP contribution in [0.1, 0.15) is 46.6 Å².